The van der Waals surface area contributed by atoms with Gasteiger partial charge in [-0.3, -0.25) is 0 Å². The average Bonchev–Trinajstić information content (AvgIpc) is 3.04. The van der Waals surface area contributed by atoms with Gasteiger partial charge in [0.15, 0.2) is 0 Å². The Morgan fingerprint density at radius 2 is 1.42 bits per heavy atom. The van der Waals surface area contributed by atoms with Gasteiger partial charge >= 0.3 is 5.13 Å². The summed E-state index contributed by atoms with van der Waals surface area (Å²) in [6.07, 6.45) is 10.9. The molecule has 8 heteroatoms. The lowest BCUT2D eigenvalue weighted by atomic mass is 9.96. The molecule has 0 saturated carbocycles. The van der Waals surface area contributed by atoms with E-state index in [1.54, 1.807) is 0 Å². The average molecular weight is 396 g/mol. The molecular formula is C18H27N4O2S2+. The zero-order chi connectivity index (χ0) is 18.7. The molecule has 0 aliphatic heterocycles. The van der Waals surface area contributed by atoms with Crippen molar-refractivity contribution in [3.63, 3.8) is 0 Å². The topological polar surface area (TPSA) is 89.8 Å². The number of hydrogen-bond donors (Lipinski definition) is 1. The van der Waals surface area contributed by atoms with Crippen molar-refractivity contribution in [2.24, 2.45) is 5.14 Å². The molecule has 0 aromatic carbocycles. The third kappa shape index (κ3) is 4.29. The van der Waals surface area contributed by atoms with Crippen LogP contribution in [0.2, 0.25) is 0 Å². The van der Waals surface area contributed by atoms with Crippen molar-refractivity contribution in [1.82, 2.24) is 10.2 Å². The lowest BCUT2D eigenvalue weighted by molar-refractivity contribution is -0.610. The van der Waals surface area contributed by atoms with Gasteiger partial charge in [0.25, 0.3) is 14.4 Å². The fourth-order valence-corrected chi connectivity index (χ4v) is 5.20. The fraction of sp³-hybridized carbons (Fsp3) is 0.611. The van der Waals surface area contributed by atoms with Gasteiger partial charge in [0.1, 0.15) is 11.4 Å². The van der Waals surface area contributed by atoms with Crippen LogP contribution in [0.5, 0.6) is 0 Å². The molecule has 142 valence electrons. The summed E-state index contributed by atoms with van der Waals surface area (Å²) in [6, 6.07) is 2.34. The van der Waals surface area contributed by atoms with Gasteiger partial charge in [0.05, 0.1) is 5.10 Å². The molecule has 0 spiro atoms. The number of sulfonamides is 1. The van der Waals surface area contributed by atoms with E-state index in [-0.39, 0.29) is 4.34 Å². The highest BCUT2D eigenvalue weighted by Gasteiger charge is 2.27. The van der Waals surface area contributed by atoms with Crippen LogP contribution in [0.4, 0.5) is 0 Å². The van der Waals surface area contributed by atoms with Gasteiger partial charge in [0.2, 0.25) is 0 Å². The summed E-state index contributed by atoms with van der Waals surface area (Å²) in [5, 5.41) is 13.7. The lowest BCUT2D eigenvalue weighted by Gasteiger charge is -2.15. The van der Waals surface area contributed by atoms with Crippen LogP contribution in [0, 0.1) is 13.8 Å². The predicted octanol–water partition coefficient (Wildman–Crippen LogP) is 2.91. The molecule has 1 aliphatic carbocycles. The van der Waals surface area contributed by atoms with Crippen LogP contribution in [-0.4, -0.2) is 18.6 Å². The molecule has 2 aromatic heterocycles. The van der Waals surface area contributed by atoms with Crippen LogP contribution in [0.3, 0.4) is 0 Å². The quantitative estimate of drug-likeness (QED) is 0.792. The van der Waals surface area contributed by atoms with E-state index in [1.165, 1.54) is 56.1 Å². The van der Waals surface area contributed by atoms with Crippen LogP contribution >= 0.6 is 11.3 Å². The van der Waals surface area contributed by atoms with E-state index in [4.69, 9.17) is 5.14 Å². The summed E-state index contributed by atoms with van der Waals surface area (Å²) in [4.78, 5) is 0. The van der Waals surface area contributed by atoms with E-state index >= 15 is 0 Å². The summed E-state index contributed by atoms with van der Waals surface area (Å²) in [5.41, 5.74) is 4.86. The van der Waals surface area contributed by atoms with E-state index < -0.39 is 10.0 Å². The van der Waals surface area contributed by atoms with Crippen LogP contribution in [0.15, 0.2) is 10.4 Å². The summed E-state index contributed by atoms with van der Waals surface area (Å²) in [7, 11) is -3.83. The molecule has 2 N–H and O–H groups in total. The standard InChI is InChI=1S/C18H27N4O2S2/c1-13-15-10-8-6-4-3-5-7-9-11-16(12-15)14(2)22(13)17-20-21-18(25-17)26(19,23)24/h12H,3-11H2,1-2H3,(H2,19,23,24)/q+1. The zero-order valence-electron chi connectivity index (χ0n) is 15.5. The molecule has 2 aromatic rings. The van der Waals surface area contributed by atoms with Crippen LogP contribution in [0.25, 0.3) is 5.13 Å². The minimum absolute atomic E-state index is 0.139. The highest BCUT2D eigenvalue weighted by atomic mass is 32.2. The normalized spacial score (nSPS) is 16.7. The van der Waals surface area contributed by atoms with E-state index in [2.05, 4.69) is 34.7 Å². The molecule has 0 amide bonds. The Hall–Kier alpha value is -1.38. The summed E-state index contributed by atoms with van der Waals surface area (Å²) in [5.74, 6) is 0. The number of nitrogens with zero attached hydrogens (tertiary/aromatic N) is 3. The highest BCUT2D eigenvalue weighted by molar-refractivity contribution is 7.91. The lowest BCUT2D eigenvalue weighted by Crippen LogP contribution is -2.40. The van der Waals surface area contributed by atoms with Crippen molar-refractivity contribution >= 4 is 21.4 Å². The molecule has 0 unspecified atom stereocenters. The smallest absolute Gasteiger partial charge is 0.222 e. The van der Waals surface area contributed by atoms with Gasteiger partial charge in [-0.1, -0.05) is 32.1 Å². The first-order valence-electron chi connectivity index (χ1n) is 9.28. The number of primary sulfonamides is 1. The van der Waals surface area contributed by atoms with Crippen molar-refractivity contribution in [2.75, 3.05) is 0 Å². The highest BCUT2D eigenvalue weighted by Crippen LogP contribution is 2.22. The van der Waals surface area contributed by atoms with Gasteiger partial charge in [-0.25, -0.2) is 13.6 Å². The minimum atomic E-state index is -3.83. The van der Waals surface area contributed by atoms with Crippen molar-refractivity contribution in [1.29, 1.82) is 0 Å². The summed E-state index contributed by atoms with van der Waals surface area (Å²) in [6.45, 7) is 4.16. The zero-order valence-corrected chi connectivity index (χ0v) is 17.1. The van der Waals surface area contributed by atoms with Gasteiger partial charge < -0.3 is 0 Å². The van der Waals surface area contributed by atoms with E-state index in [1.807, 2.05) is 0 Å². The molecule has 26 heavy (non-hydrogen) atoms. The second-order valence-corrected chi connectivity index (χ2v) is 9.76. The Labute approximate surface area is 159 Å². The Kier molecular flexibility index (Phi) is 6.04. The third-order valence-corrected chi connectivity index (χ3v) is 7.39. The number of nitrogens with two attached hydrogens (primary N) is 1. The summed E-state index contributed by atoms with van der Waals surface area (Å²) >= 11 is 1.03. The van der Waals surface area contributed by atoms with Gasteiger partial charge in [0, 0.05) is 0 Å². The monoisotopic (exact) mass is 395 g/mol. The number of hydrogen-bond acceptors (Lipinski definition) is 5. The third-order valence-electron chi connectivity index (χ3n) is 5.17. The number of fused-ring (bicyclic) bond motifs is 2. The maximum Gasteiger partial charge on any atom is 0.416 e. The molecule has 2 bridgehead atoms. The Bertz CT molecular complexity index is 857. The molecule has 0 atom stereocenters. The van der Waals surface area contributed by atoms with Crippen molar-refractivity contribution in [2.45, 2.75) is 76.0 Å². The molecule has 0 fully saturated rings. The Morgan fingerprint density at radius 3 is 1.88 bits per heavy atom. The SMILES string of the molecule is Cc1c2cc(c(C)[n+]1-c1nnc(S(N)(=O)=O)s1)CCCCCCCCC2. The van der Waals surface area contributed by atoms with Crippen molar-refractivity contribution in [3.05, 3.63) is 28.6 Å². The van der Waals surface area contributed by atoms with E-state index in [0.29, 0.717) is 5.13 Å². The number of pyridine rings is 1. The van der Waals surface area contributed by atoms with E-state index in [0.717, 1.165) is 35.6 Å². The number of rotatable bonds is 2. The van der Waals surface area contributed by atoms with Crippen molar-refractivity contribution in [3.8, 4) is 5.13 Å². The number of aryl methyl sites for hydroxylation is 2. The van der Waals surface area contributed by atoms with Gasteiger partial charge in [-0.2, -0.15) is 4.57 Å². The summed E-state index contributed by atoms with van der Waals surface area (Å²) < 4.78 is 25.1. The number of aromatic nitrogens is 3. The predicted molar refractivity (Wildman–Crippen MR) is 102 cm³/mol. The van der Waals surface area contributed by atoms with Gasteiger partial charge in [-0.15, -0.1) is 0 Å². The van der Waals surface area contributed by atoms with Gasteiger partial charge in [-0.05, 0) is 73.2 Å². The second kappa shape index (κ2) is 8.10. The minimum Gasteiger partial charge on any atom is -0.222 e. The molecule has 6 nitrogen and oxygen atoms in total. The van der Waals surface area contributed by atoms with Crippen molar-refractivity contribution < 1.29 is 13.0 Å². The Morgan fingerprint density at radius 1 is 0.923 bits per heavy atom. The van der Waals surface area contributed by atoms with Crippen LogP contribution in [-0.2, 0) is 22.9 Å². The Balaban J connectivity index is 2.07. The first-order valence-corrected chi connectivity index (χ1v) is 11.6. The maximum atomic E-state index is 11.6. The first-order chi connectivity index (χ1) is 12.4. The second-order valence-electron chi connectivity index (χ2n) is 7.07. The molecule has 2 heterocycles. The molecule has 0 saturated heterocycles. The van der Waals surface area contributed by atoms with Crippen LogP contribution in [0.1, 0.15) is 67.5 Å². The van der Waals surface area contributed by atoms with E-state index in [9.17, 15) is 8.42 Å². The fourth-order valence-electron chi connectivity index (χ4n) is 3.67. The maximum absolute atomic E-state index is 11.6. The van der Waals surface area contributed by atoms with Crippen LogP contribution < -0.4 is 9.71 Å². The molecule has 1 aliphatic rings. The first kappa shape index (κ1) is 19.4. The molecule has 3 rings (SSSR count). The largest absolute Gasteiger partial charge is 0.416 e. The molecular weight excluding hydrogens is 368 g/mol. The molecule has 0 radical (unpaired) electrons.